The van der Waals surface area contributed by atoms with Crippen LogP contribution < -0.4 is 5.32 Å². The lowest BCUT2D eigenvalue weighted by Gasteiger charge is -2.09. The number of nitrogens with zero attached hydrogens (tertiary/aromatic N) is 5. The van der Waals surface area contributed by atoms with Crippen molar-refractivity contribution in [2.45, 2.75) is 6.92 Å². The van der Waals surface area contributed by atoms with Gasteiger partial charge in [-0.05, 0) is 43.3 Å². The highest BCUT2D eigenvalue weighted by atomic mass is 19.1. The number of carbonyl (C=O) groups excluding carboxylic acids is 1. The molecule has 0 saturated carbocycles. The Morgan fingerprint density at radius 3 is 2.48 bits per heavy atom. The van der Waals surface area contributed by atoms with E-state index in [0.717, 1.165) is 12.0 Å². The summed E-state index contributed by atoms with van der Waals surface area (Å²) in [6.07, 6.45) is 4.27. The first kappa shape index (κ1) is 18.4. The lowest BCUT2D eigenvalue weighted by atomic mass is 10.1. The van der Waals surface area contributed by atoms with Gasteiger partial charge in [0.05, 0.1) is 18.1 Å². The molecule has 1 aromatic carbocycles. The Kier molecular flexibility index (Phi) is 4.82. The largest absolute Gasteiger partial charge is 0.330 e. The molecule has 8 heteroatoms. The van der Waals surface area contributed by atoms with E-state index < -0.39 is 5.82 Å². The Balaban J connectivity index is 1.56. The van der Waals surface area contributed by atoms with Crippen LogP contribution in [-0.4, -0.2) is 30.3 Å². The van der Waals surface area contributed by atoms with E-state index in [-0.39, 0.29) is 17.4 Å². The van der Waals surface area contributed by atoms with Crippen molar-refractivity contribution in [2.24, 2.45) is 7.05 Å². The second-order valence-corrected chi connectivity index (χ2v) is 6.39. The minimum absolute atomic E-state index is 0.160. The maximum Gasteiger partial charge on any atom is 0.227 e. The summed E-state index contributed by atoms with van der Waals surface area (Å²) < 4.78 is 16.0. The SMILES string of the molecule is Cc1ncc(-c2nc(Nc3ccc(C(=O)c4ccccn4)cc3)ncc2F)n1C. The second-order valence-electron chi connectivity index (χ2n) is 6.39. The number of aromatic nitrogens is 5. The van der Waals surface area contributed by atoms with E-state index in [1.165, 1.54) is 0 Å². The average molecular weight is 388 g/mol. The summed E-state index contributed by atoms with van der Waals surface area (Å²) in [6.45, 7) is 1.83. The van der Waals surface area contributed by atoms with Crippen LogP contribution in [0, 0.1) is 12.7 Å². The summed E-state index contributed by atoms with van der Waals surface area (Å²) in [5.74, 6) is 0.295. The second kappa shape index (κ2) is 7.59. The molecule has 3 heterocycles. The van der Waals surface area contributed by atoms with Crippen molar-refractivity contribution < 1.29 is 9.18 Å². The highest BCUT2D eigenvalue weighted by Gasteiger charge is 2.15. The molecule has 1 N–H and O–H groups in total. The van der Waals surface area contributed by atoms with Crippen molar-refractivity contribution in [3.05, 3.63) is 84.0 Å². The first-order valence-corrected chi connectivity index (χ1v) is 8.87. The first-order valence-electron chi connectivity index (χ1n) is 8.87. The predicted molar refractivity (Wildman–Crippen MR) is 106 cm³/mol. The Morgan fingerprint density at radius 1 is 1.03 bits per heavy atom. The normalized spacial score (nSPS) is 10.7. The molecule has 29 heavy (non-hydrogen) atoms. The zero-order valence-corrected chi connectivity index (χ0v) is 15.8. The number of hydrogen-bond acceptors (Lipinski definition) is 6. The number of halogens is 1. The van der Waals surface area contributed by atoms with Crippen molar-refractivity contribution in [3.63, 3.8) is 0 Å². The van der Waals surface area contributed by atoms with Crippen molar-refractivity contribution in [2.75, 3.05) is 5.32 Å². The summed E-state index contributed by atoms with van der Waals surface area (Å²) in [4.78, 5) is 29.0. The van der Waals surface area contributed by atoms with E-state index in [4.69, 9.17) is 0 Å². The van der Waals surface area contributed by atoms with Gasteiger partial charge >= 0.3 is 0 Å². The summed E-state index contributed by atoms with van der Waals surface area (Å²) in [5, 5.41) is 3.03. The molecule has 3 aromatic heterocycles. The maximum atomic E-state index is 14.2. The van der Waals surface area contributed by atoms with Crippen LogP contribution in [-0.2, 0) is 7.05 Å². The molecule has 0 fully saturated rings. The van der Waals surface area contributed by atoms with Gasteiger partial charge in [0.2, 0.25) is 11.7 Å². The fraction of sp³-hybridized carbons (Fsp3) is 0.0952. The Labute approximate surface area is 166 Å². The molecule has 0 saturated heterocycles. The fourth-order valence-electron chi connectivity index (χ4n) is 2.81. The molecule has 0 spiro atoms. The maximum absolute atomic E-state index is 14.2. The van der Waals surface area contributed by atoms with Gasteiger partial charge < -0.3 is 9.88 Å². The molecular weight excluding hydrogens is 371 g/mol. The Morgan fingerprint density at radius 2 is 1.83 bits per heavy atom. The molecule has 0 atom stereocenters. The molecule has 144 valence electrons. The Bertz CT molecular complexity index is 1170. The number of aryl methyl sites for hydroxylation is 1. The smallest absolute Gasteiger partial charge is 0.227 e. The monoisotopic (exact) mass is 388 g/mol. The van der Waals surface area contributed by atoms with Gasteiger partial charge in [0.25, 0.3) is 0 Å². The molecule has 0 bridgehead atoms. The topological polar surface area (TPSA) is 85.6 Å². The molecule has 0 unspecified atom stereocenters. The molecule has 7 nitrogen and oxygen atoms in total. The molecule has 4 aromatic rings. The van der Waals surface area contributed by atoms with Crippen LogP contribution >= 0.6 is 0 Å². The third-order valence-corrected chi connectivity index (χ3v) is 4.51. The van der Waals surface area contributed by atoms with Gasteiger partial charge in [0.1, 0.15) is 17.2 Å². The Hall–Kier alpha value is -3.94. The summed E-state index contributed by atoms with van der Waals surface area (Å²) >= 11 is 0. The van der Waals surface area contributed by atoms with Gasteiger partial charge in [-0.3, -0.25) is 9.78 Å². The molecule has 0 amide bonds. The van der Waals surface area contributed by atoms with Crippen molar-refractivity contribution in [3.8, 4) is 11.4 Å². The van der Waals surface area contributed by atoms with Crippen molar-refractivity contribution >= 4 is 17.4 Å². The summed E-state index contributed by atoms with van der Waals surface area (Å²) in [5.41, 5.74) is 2.28. The molecule has 4 rings (SSSR count). The van der Waals surface area contributed by atoms with Crippen molar-refractivity contribution in [1.29, 1.82) is 0 Å². The van der Waals surface area contributed by atoms with Crippen LogP contribution in [0.5, 0.6) is 0 Å². The lowest BCUT2D eigenvalue weighted by Crippen LogP contribution is -2.05. The average Bonchev–Trinajstić information content (AvgIpc) is 3.08. The minimum atomic E-state index is -0.533. The predicted octanol–water partition coefficient (Wildman–Crippen LogP) is 3.69. The molecular formula is C21H17FN6O. The van der Waals surface area contributed by atoms with Crippen molar-refractivity contribution in [1.82, 2.24) is 24.5 Å². The van der Waals surface area contributed by atoms with Crippen LogP contribution in [0.2, 0.25) is 0 Å². The van der Waals surface area contributed by atoms with Gasteiger partial charge in [0, 0.05) is 24.5 Å². The van der Waals surface area contributed by atoms with E-state index in [2.05, 4.69) is 25.3 Å². The third-order valence-electron chi connectivity index (χ3n) is 4.51. The van der Waals surface area contributed by atoms with E-state index in [0.29, 0.717) is 22.6 Å². The van der Waals surface area contributed by atoms with Gasteiger partial charge in [-0.1, -0.05) is 6.07 Å². The van der Waals surface area contributed by atoms with E-state index >= 15 is 0 Å². The third kappa shape index (κ3) is 3.73. The number of carbonyl (C=O) groups is 1. The first-order chi connectivity index (χ1) is 14.0. The highest BCUT2D eigenvalue weighted by molar-refractivity contribution is 6.07. The number of rotatable bonds is 5. The van der Waals surface area contributed by atoms with E-state index in [1.807, 2.05) is 6.92 Å². The number of hydrogen-bond donors (Lipinski definition) is 1. The summed E-state index contributed by atoms with van der Waals surface area (Å²) in [6, 6.07) is 12.0. The quantitative estimate of drug-likeness (QED) is 0.525. The molecule has 0 aliphatic rings. The van der Waals surface area contributed by atoms with Crippen LogP contribution in [0.1, 0.15) is 21.9 Å². The minimum Gasteiger partial charge on any atom is -0.330 e. The fourth-order valence-corrected chi connectivity index (χ4v) is 2.81. The number of nitrogens with one attached hydrogen (secondary N) is 1. The van der Waals surface area contributed by atoms with Crippen LogP contribution in [0.4, 0.5) is 16.0 Å². The van der Waals surface area contributed by atoms with Gasteiger partial charge in [-0.25, -0.2) is 19.3 Å². The molecule has 0 radical (unpaired) electrons. The number of pyridine rings is 1. The molecule has 0 aliphatic carbocycles. The van der Waals surface area contributed by atoms with Gasteiger partial charge in [-0.2, -0.15) is 0 Å². The number of anilines is 2. The highest BCUT2D eigenvalue weighted by Crippen LogP contribution is 2.23. The van der Waals surface area contributed by atoms with Gasteiger partial charge in [-0.15, -0.1) is 0 Å². The number of ketones is 1. The van der Waals surface area contributed by atoms with Crippen LogP contribution in [0.3, 0.4) is 0 Å². The van der Waals surface area contributed by atoms with Gasteiger partial charge in [0.15, 0.2) is 5.82 Å². The standard InChI is InChI=1S/C21H17FN6O/c1-13-24-12-18(28(13)2)19-16(22)11-25-21(27-19)26-15-8-6-14(7-9-15)20(29)17-5-3-4-10-23-17/h3-12H,1-2H3,(H,25,26,27). The lowest BCUT2D eigenvalue weighted by molar-refractivity contribution is 0.103. The van der Waals surface area contributed by atoms with Crippen LogP contribution in [0.25, 0.3) is 11.4 Å². The van der Waals surface area contributed by atoms with Crippen LogP contribution in [0.15, 0.2) is 61.1 Å². The van der Waals surface area contributed by atoms with E-state index in [9.17, 15) is 9.18 Å². The summed E-state index contributed by atoms with van der Waals surface area (Å²) in [7, 11) is 1.80. The zero-order chi connectivity index (χ0) is 20.4. The zero-order valence-electron chi connectivity index (χ0n) is 15.8. The molecule has 0 aliphatic heterocycles. The number of benzene rings is 1. The number of imidazole rings is 1. The van der Waals surface area contributed by atoms with E-state index in [1.54, 1.807) is 66.5 Å².